The summed E-state index contributed by atoms with van der Waals surface area (Å²) in [5.74, 6) is 0. The van der Waals surface area contributed by atoms with Crippen molar-refractivity contribution in [2.45, 2.75) is 44.0 Å². The lowest BCUT2D eigenvalue weighted by Gasteiger charge is -2.19. The van der Waals surface area contributed by atoms with Crippen molar-refractivity contribution in [2.24, 2.45) is 0 Å². The Labute approximate surface area is 161 Å². The summed E-state index contributed by atoms with van der Waals surface area (Å²) in [6.45, 7) is 7.73. The van der Waals surface area contributed by atoms with Gasteiger partial charge in [-0.15, -0.1) is 0 Å². The smallest absolute Gasteiger partial charge is 0.239 e. The van der Waals surface area contributed by atoms with Crippen LogP contribution in [0.25, 0.3) is 5.69 Å². The quantitative estimate of drug-likeness (QED) is 0.718. The van der Waals surface area contributed by atoms with Gasteiger partial charge in [-0.2, -0.15) is 5.10 Å². The number of sulfonamides is 1. The van der Waals surface area contributed by atoms with Crippen LogP contribution in [-0.4, -0.2) is 18.2 Å². The summed E-state index contributed by atoms with van der Waals surface area (Å²) in [5, 5.41) is 4.60. The van der Waals surface area contributed by atoms with E-state index in [1.807, 2.05) is 88.4 Å². The maximum absolute atomic E-state index is 13.2. The SMILES string of the molecule is CC(NS(=O)(=O)c1cn(-c2ccccc2)nc1C(C)(C)C)c1ccccc1. The molecule has 0 spiro atoms. The second-order valence-corrected chi connectivity index (χ2v) is 9.31. The zero-order chi connectivity index (χ0) is 19.7. The Kier molecular flexibility index (Phi) is 5.22. The van der Waals surface area contributed by atoms with E-state index in [4.69, 9.17) is 0 Å². The van der Waals surface area contributed by atoms with Crippen LogP contribution in [0.3, 0.4) is 0 Å². The highest BCUT2D eigenvalue weighted by Gasteiger charge is 2.31. The Morgan fingerprint density at radius 3 is 2.07 bits per heavy atom. The molecule has 2 aromatic carbocycles. The fraction of sp³-hybridized carbons (Fsp3) is 0.286. The Morgan fingerprint density at radius 1 is 0.963 bits per heavy atom. The van der Waals surface area contributed by atoms with Crippen LogP contribution in [-0.2, 0) is 15.4 Å². The van der Waals surface area contributed by atoms with Crippen LogP contribution >= 0.6 is 0 Å². The molecule has 0 radical (unpaired) electrons. The third kappa shape index (κ3) is 4.28. The third-order valence-corrected chi connectivity index (χ3v) is 5.87. The minimum atomic E-state index is -3.74. The molecule has 1 atom stereocenters. The van der Waals surface area contributed by atoms with Crippen molar-refractivity contribution < 1.29 is 8.42 Å². The molecule has 142 valence electrons. The first kappa shape index (κ1) is 19.3. The van der Waals surface area contributed by atoms with Gasteiger partial charge in [0.25, 0.3) is 0 Å². The molecule has 0 aliphatic heterocycles. The molecule has 1 heterocycles. The number of nitrogens with zero attached hydrogens (tertiary/aromatic N) is 2. The molecule has 1 N–H and O–H groups in total. The van der Waals surface area contributed by atoms with E-state index in [-0.39, 0.29) is 10.9 Å². The van der Waals surface area contributed by atoms with Crippen LogP contribution in [0.4, 0.5) is 0 Å². The van der Waals surface area contributed by atoms with Crippen LogP contribution in [0.1, 0.15) is 45.0 Å². The zero-order valence-corrected chi connectivity index (χ0v) is 16.9. The Balaban J connectivity index is 2.02. The van der Waals surface area contributed by atoms with Gasteiger partial charge in [0, 0.05) is 11.5 Å². The lowest BCUT2D eigenvalue weighted by atomic mass is 9.92. The van der Waals surface area contributed by atoms with Gasteiger partial charge in [-0.05, 0) is 24.6 Å². The summed E-state index contributed by atoms with van der Waals surface area (Å²) in [7, 11) is -3.74. The molecule has 5 nitrogen and oxygen atoms in total. The maximum atomic E-state index is 13.2. The summed E-state index contributed by atoms with van der Waals surface area (Å²) in [4.78, 5) is 0.210. The van der Waals surface area contributed by atoms with Gasteiger partial charge in [-0.25, -0.2) is 17.8 Å². The predicted octanol–water partition coefficient (Wildman–Crippen LogP) is 4.21. The second-order valence-electron chi connectivity index (χ2n) is 7.63. The standard InChI is InChI=1S/C21H25N3O2S/c1-16(17-11-7-5-8-12-17)23-27(25,26)19-15-24(18-13-9-6-10-14-18)22-20(19)21(2,3)4/h5-16,23H,1-4H3. The number of hydrogen-bond donors (Lipinski definition) is 1. The van der Waals surface area contributed by atoms with E-state index >= 15 is 0 Å². The molecule has 6 heteroatoms. The topological polar surface area (TPSA) is 64.0 Å². The van der Waals surface area contributed by atoms with Crippen LogP contribution in [0.5, 0.6) is 0 Å². The van der Waals surface area contributed by atoms with Crippen molar-refractivity contribution in [3.63, 3.8) is 0 Å². The van der Waals surface area contributed by atoms with Crippen molar-refractivity contribution in [1.29, 1.82) is 0 Å². The van der Waals surface area contributed by atoms with Crippen molar-refractivity contribution in [3.8, 4) is 5.69 Å². The number of nitrogens with one attached hydrogen (secondary N) is 1. The van der Waals surface area contributed by atoms with Crippen LogP contribution in [0.15, 0.2) is 71.8 Å². The Bertz CT molecular complexity index is 1000. The van der Waals surface area contributed by atoms with E-state index in [1.54, 1.807) is 10.9 Å². The molecule has 3 rings (SSSR count). The number of hydrogen-bond acceptors (Lipinski definition) is 3. The minimum Gasteiger partial charge on any atom is -0.239 e. The van der Waals surface area contributed by atoms with E-state index in [0.29, 0.717) is 5.69 Å². The monoisotopic (exact) mass is 383 g/mol. The fourth-order valence-electron chi connectivity index (χ4n) is 2.89. The normalized spacial score (nSPS) is 13.5. The molecule has 0 saturated heterocycles. The predicted molar refractivity (Wildman–Crippen MR) is 107 cm³/mol. The Hall–Kier alpha value is -2.44. The van der Waals surface area contributed by atoms with E-state index in [9.17, 15) is 8.42 Å². The van der Waals surface area contributed by atoms with Gasteiger partial charge in [0.1, 0.15) is 4.90 Å². The first-order chi connectivity index (χ1) is 12.7. The average molecular weight is 384 g/mol. The molecule has 0 fully saturated rings. The molecule has 27 heavy (non-hydrogen) atoms. The summed E-state index contributed by atoms with van der Waals surface area (Å²) in [6.07, 6.45) is 1.59. The second kappa shape index (κ2) is 7.29. The highest BCUT2D eigenvalue weighted by atomic mass is 32.2. The van der Waals surface area contributed by atoms with Crippen LogP contribution in [0, 0.1) is 0 Å². The first-order valence-corrected chi connectivity index (χ1v) is 10.4. The van der Waals surface area contributed by atoms with E-state index in [1.165, 1.54) is 0 Å². The van der Waals surface area contributed by atoms with E-state index in [2.05, 4.69) is 9.82 Å². The highest BCUT2D eigenvalue weighted by molar-refractivity contribution is 7.89. The fourth-order valence-corrected chi connectivity index (χ4v) is 4.46. The molecule has 0 aliphatic carbocycles. The third-order valence-electron chi connectivity index (χ3n) is 4.33. The lowest BCUT2D eigenvalue weighted by molar-refractivity contribution is 0.535. The number of para-hydroxylation sites is 1. The first-order valence-electron chi connectivity index (χ1n) is 8.91. The van der Waals surface area contributed by atoms with E-state index < -0.39 is 15.4 Å². The highest BCUT2D eigenvalue weighted by Crippen LogP contribution is 2.29. The van der Waals surface area contributed by atoms with Crippen LogP contribution < -0.4 is 4.72 Å². The number of benzene rings is 2. The van der Waals surface area contributed by atoms with Gasteiger partial charge >= 0.3 is 0 Å². The molecular formula is C21H25N3O2S. The molecule has 0 amide bonds. The van der Waals surface area contributed by atoms with Crippen molar-refractivity contribution >= 4 is 10.0 Å². The summed E-state index contributed by atoms with van der Waals surface area (Å²) >= 11 is 0. The van der Waals surface area contributed by atoms with Gasteiger partial charge in [0.2, 0.25) is 10.0 Å². The van der Waals surface area contributed by atoms with Crippen molar-refractivity contribution in [1.82, 2.24) is 14.5 Å². The Morgan fingerprint density at radius 2 is 1.52 bits per heavy atom. The lowest BCUT2D eigenvalue weighted by Crippen LogP contribution is -2.29. The average Bonchev–Trinajstić information content (AvgIpc) is 3.10. The van der Waals surface area contributed by atoms with Gasteiger partial charge in [-0.1, -0.05) is 69.3 Å². The van der Waals surface area contributed by atoms with Gasteiger partial charge in [-0.3, -0.25) is 0 Å². The molecule has 0 saturated carbocycles. The summed E-state index contributed by atoms with van der Waals surface area (Å²) in [6, 6.07) is 18.7. The molecule has 1 aromatic heterocycles. The summed E-state index contributed by atoms with van der Waals surface area (Å²) < 4.78 is 30.7. The van der Waals surface area contributed by atoms with Crippen molar-refractivity contribution in [3.05, 3.63) is 78.1 Å². The van der Waals surface area contributed by atoms with Crippen molar-refractivity contribution in [2.75, 3.05) is 0 Å². The zero-order valence-electron chi connectivity index (χ0n) is 16.0. The van der Waals surface area contributed by atoms with Gasteiger partial charge in [0.15, 0.2) is 0 Å². The molecule has 1 unspecified atom stereocenters. The van der Waals surface area contributed by atoms with Gasteiger partial charge in [0.05, 0.1) is 17.6 Å². The maximum Gasteiger partial charge on any atom is 0.244 e. The molecular weight excluding hydrogens is 358 g/mol. The largest absolute Gasteiger partial charge is 0.244 e. The molecule has 3 aromatic rings. The summed E-state index contributed by atoms with van der Waals surface area (Å²) in [5.41, 5.74) is 1.86. The number of rotatable bonds is 5. The van der Waals surface area contributed by atoms with Gasteiger partial charge < -0.3 is 0 Å². The van der Waals surface area contributed by atoms with E-state index in [0.717, 1.165) is 11.3 Å². The molecule has 0 bridgehead atoms. The van der Waals surface area contributed by atoms with Crippen LogP contribution in [0.2, 0.25) is 0 Å². The minimum absolute atomic E-state index is 0.210. The number of aromatic nitrogens is 2. The molecule has 0 aliphatic rings.